The molecule has 1 aliphatic heterocycles. The molecule has 2 aromatic carbocycles. The molecule has 1 saturated heterocycles. The maximum atomic E-state index is 11.5. The highest BCUT2D eigenvalue weighted by atomic mass is 16.3. The summed E-state index contributed by atoms with van der Waals surface area (Å²) >= 11 is 0. The smallest absolute Gasteiger partial charge is 0.117 e. The highest BCUT2D eigenvalue weighted by molar-refractivity contribution is 5.22. The number of rotatable bonds is 5. The van der Waals surface area contributed by atoms with Gasteiger partial charge in [-0.2, -0.15) is 0 Å². The van der Waals surface area contributed by atoms with Gasteiger partial charge in [0.25, 0.3) is 0 Å². The molecule has 0 spiro atoms. The first-order valence-electron chi connectivity index (χ1n) is 9.31. The van der Waals surface area contributed by atoms with Crippen molar-refractivity contribution in [2.45, 2.75) is 57.2 Å². The van der Waals surface area contributed by atoms with Crippen LogP contribution in [0.5, 0.6) is 0 Å². The van der Waals surface area contributed by atoms with Crippen LogP contribution < -0.4 is 5.32 Å². The Hall–Kier alpha value is -1.64. The molecule has 3 rings (SSSR count). The number of quaternary nitrogens is 1. The second-order valence-corrected chi connectivity index (χ2v) is 7.35. The molecule has 2 aromatic rings. The fourth-order valence-electron chi connectivity index (χ4n) is 4.20. The lowest BCUT2D eigenvalue weighted by Crippen LogP contribution is -2.91. The van der Waals surface area contributed by atoms with E-state index in [9.17, 15) is 5.11 Å². The van der Waals surface area contributed by atoms with Crippen LogP contribution in [-0.2, 0) is 0 Å². The van der Waals surface area contributed by atoms with Crippen LogP contribution in [0.15, 0.2) is 60.7 Å². The van der Waals surface area contributed by atoms with E-state index in [-0.39, 0.29) is 5.92 Å². The van der Waals surface area contributed by atoms with E-state index in [4.69, 9.17) is 0 Å². The first-order chi connectivity index (χ1) is 11.6. The molecule has 1 fully saturated rings. The molecule has 0 amide bonds. The highest BCUT2D eigenvalue weighted by Crippen LogP contribution is 2.41. The number of aliphatic hydroxyl groups is 1. The zero-order valence-corrected chi connectivity index (χ0v) is 14.9. The highest BCUT2D eigenvalue weighted by Gasteiger charge is 2.48. The van der Waals surface area contributed by atoms with Crippen LogP contribution in [0.2, 0.25) is 0 Å². The van der Waals surface area contributed by atoms with Crippen LogP contribution in [0.1, 0.15) is 62.7 Å². The first kappa shape index (κ1) is 17.2. The number of hydrogen-bond donors (Lipinski definition) is 2. The van der Waals surface area contributed by atoms with E-state index in [1.54, 1.807) is 0 Å². The van der Waals surface area contributed by atoms with Crippen molar-refractivity contribution in [2.24, 2.45) is 5.92 Å². The van der Waals surface area contributed by atoms with E-state index in [1.807, 2.05) is 0 Å². The number of piperidine rings is 1. The monoisotopic (exact) mass is 324 g/mol. The van der Waals surface area contributed by atoms with Gasteiger partial charge in [-0.05, 0) is 6.42 Å². The molecule has 4 atom stereocenters. The molecule has 0 saturated carbocycles. The average Bonchev–Trinajstić information content (AvgIpc) is 2.64. The minimum Gasteiger partial charge on any atom is -0.389 e. The summed E-state index contributed by atoms with van der Waals surface area (Å²) in [6, 6.07) is 21.9. The predicted octanol–water partition coefficient (Wildman–Crippen LogP) is 3.99. The number of unbranched alkanes of at least 4 members (excludes halogenated alkanes) is 1. The van der Waals surface area contributed by atoms with E-state index in [1.165, 1.54) is 11.1 Å². The lowest BCUT2D eigenvalue weighted by atomic mass is 9.70. The van der Waals surface area contributed by atoms with Crippen molar-refractivity contribution in [3.05, 3.63) is 71.8 Å². The maximum absolute atomic E-state index is 11.5. The second kappa shape index (κ2) is 7.50. The Morgan fingerprint density at radius 3 is 2.17 bits per heavy atom. The van der Waals surface area contributed by atoms with Crippen molar-refractivity contribution in [2.75, 3.05) is 0 Å². The summed E-state index contributed by atoms with van der Waals surface area (Å²) in [5, 5.41) is 14.0. The number of nitrogens with two attached hydrogens (primary N) is 1. The van der Waals surface area contributed by atoms with Crippen molar-refractivity contribution in [1.82, 2.24) is 0 Å². The van der Waals surface area contributed by atoms with E-state index in [0.29, 0.717) is 12.1 Å². The molecule has 0 aromatic heterocycles. The van der Waals surface area contributed by atoms with Crippen LogP contribution >= 0.6 is 0 Å². The summed E-state index contributed by atoms with van der Waals surface area (Å²) in [5.74, 6) is 0.242. The van der Waals surface area contributed by atoms with Crippen molar-refractivity contribution >= 4 is 0 Å². The lowest BCUT2D eigenvalue weighted by Gasteiger charge is -2.45. The molecule has 1 heterocycles. The molecule has 3 N–H and O–H groups in total. The Kier molecular flexibility index (Phi) is 5.37. The predicted molar refractivity (Wildman–Crippen MR) is 98.5 cm³/mol. The van der Waals surface area contributed by atoms with Crippen molar-refractivity contribution in [3.8, 4) is 0 Å². The van der Waals surface area contributed by atoms with Crippen LogP contribution in [0.25, 0.3) is 0 Å². The first-order valence-corrected chi connectivity index (χ1v) is 9.31. The summed E-state index contributed by atoms with van der Waals surface area (Å²) in [4.78, 5) is 0. The zero-order valence-electron chi connectivity index (χ0n) is 14.9. The minimum absolute atomic E-state index is 0.242. The molecule has 2 nitrogen and oxygen atoms in total. The molecule has 2 heteroatoms. The van der Waals surface area contributed by atoms with Crippen LogP contribution in [0, 0.1) is 5.92 Å². The van der Waals surface area contributed by atoms with Crippen LogP contribution in [-0.4, -0.2) is 10.7 Å². The Bertz CT molecular complexity index is 627. The fourth-order valence-corrected chi connectivity index (χ4v) is 4.20. The van der Waals surface area contributed by atoms with E-state index < -0.39 is 5.60 Å². The van der Waals surface area contributed by atoms with Gasteiger partial charge in [0.15, 0.2) is 0 Å². The quantitative estimate of drug-likeness (QED) is 0.857. The largest absolute Gasteiger partial charge is 0.389 e. The second-order valence-electron chi connectivity index (χ2n) is 7.35. The van der Waals surface area contributed by atoms with Gasteiger partial charge in [0, 0.05) is 23.5 Å². The number of benzene rings is 2. The van der Waals surface area contributed by atoms with Gasteiger partial charge in [-0.1, -0.05) is 87.4 Å². The third kappa shape index (κ3) is 3.55. The van der Waals surface area contributed by atoms with E-state index in [2.05, 4.69) is 79.8 Å². The van der Waals surface area contributed by atoms with Gasteiger partial charge in [0.1, 0.15) is 12.1 Å². The molecule has 128 valence electrons. The fraction of sp³-hybridized carbons (Fsp3) is 0.455. The molecular formula is C22H30NO+. The lowest BCUT2D eigenvalue weighted by molar-refractivity contribution is -0.756. The van der Waals surface area contributed by atoms with Crippen molar-refractivity contribution in [3.63, 3.8) is 0 Å². The SMILES string of the molecule is CCCCC1(O)CC(c2ccccc2)[NH2+]C(c2ccccc2)C1C. The normalized spacial score (nSPS) is 30.2. The van der Waals surface area contributed by atoms with Crippen LogP contribution in [0.3, 0.4) is 0 Å². The Morgan fingerprint density at radius 2 is 1.58 bits per heavy atom. The maximum Gasteiger partial charge on any atom is 0.117 e. The summed E-state index contributed by atoms with van der Waals surface area (Å²) in [7, 11) is 0. The van der Waals surface area contributed by atoms with E-state index >= 15 is 0 Å². The molecule has 0 bridgehead atoms. The average molecular weight is 324 g/mol. The molecule has 24 heavy (non-hydrogen) atoms. The third-order valence-corrected chi connectivity index (χ3v) is 5.77. The van der Waals surface area contributed by atoms with Crippen molar-refractivity contribution in [1.29, 1.82) is 0 Å². The topological polar surface area (TPSA) is 36.8 Å². The van der Waals surface area contributed by atoms with Gasteiger partial charge < -0.3 is 10.4 Å². The summed E-state index contributed by atoms with van der Waals surface area (Å²) < 4.78 is 0. The summed E-state index contributed by atoms with van der Waals surface area (Å²) in [6.45, 7) is 4.43. The van der Waals surface area contributed by atoms with Crippen molar-refractivity contribution < 1.29 is 10.4 Å². The van der Waals surface area contributed by atoms with Gasteiger partial charge in [0.05, 0.1) is 5.60 Å². The Balaban J connectivity index is 1.93. The van der Waals surface area contributed by atoms with Gasteiger partial charge in [-0.3, -0.25) is 0 Å². The van der Waals surface area contributed by atoms with Gasteiger partial charge in [-0.25, -0.2) is 0 Å². The Labute approximate surface area is 145 Å². The molecule has 4 unspecified atom stereocenters. The molecule has 0 aliphatic carbocycles. The summed E-state index contributed by atoms with van der Waals surface area (Å²) in [6.07, 6.45) is 3.95. The molecule has 0 radical (unpaired) electrons. The standard InChI is InChI=1S/C22H29NO/c1-3-4-15-22(24)16-20(18-11-7-5-8-12-18)23-21(17(22)2)19-13-9-6-10-14-19/h5-14,17,20-21,23-24H,3-4,15-16H2,1-2H3/p+1. The van der Waals surface area contributed by atoms with E-state index in [0.717, 1.165) is 25.7 Å². The Morgan fingerprint density at radius 1 is 1.00 bits per heavy atom. The third-order valence-electron chi connectivity index (χ3n) is 5.77. The molecule has 1 aliphatic rings. The zero-order chi connectivity index (χ0) is 17.0. The molecular weight excluding hydrogens is 294 g/mol. The van der Waals surface area contributed by atoms with Gasteiger partial charge in [0.2, 0.25) is 0 Å². The van der Waals surface area contributed by atoms with Gasteiger partial charge >= 0.3 is 0 Å². The summed E-state index contributed by atoms with van der Waals surface area (Å²) in [5.41, 5.74) is 2.05. The minimum atomic E-state index is -0.591. The van der Waals surface area contributed by atoms with Crippen LogP contribution in [0.4, 0.5) is 0 Å². The number of hydrogen-bond acceptors (Lipinski definition) is 1. The van der Waals surface area contributed by atoms with Gasteiger partial charge in [-0.15, -0.1) is 0 Å².